The van der Waals surface area contributed by atoms with Crippen LogP contribution in [-0.2, 0) is 0 Å². The second-order valence-electron chi connectivity index (χ2n) is 4.20. The zero-order valence-electron chi connectivity index (χ0n) is 8.52. The summed E-state index contributed by atoms with van der Waals surface area (Å²) in [6, 6.07) is 7.48. The normalized spacial score (nSPS) is 25.4. The highest BCUT2D eigenvalue weighted by molar-refractivity contribution is 5.87. The molecule has 0 heterocycles. The molecule has 0 aliphatic heterocycles. The monoisotopic (exact) mass is 205 g/mol. The Bertz CT molecular complexity index is 376. The largest absolute Gasteiger partial charge is 0.478 e. The van der Waals surface area contributed by atoms with Gasteiger partial charge in [0.25, 0.3) is 0 Å². The fourth-order valence-corrected chi connectivity index (χ4v) is 2.24. The van der Waals surface area contributed by atoms with Crippen molar-refractivity contribution >= 4 is 5.97 Å². The molecule has 80 valence electrons. The molecule has 3 N–H and O–H groups in total. The number of benzene rings is 1. The SMILES string of the molecule is NC1CCC(c2cccc(C(=O)O)c2)C1. The first-order chi connectivity index (χ1) is 7.16. The van der Waals surface area contributed by atoms with E-state index in [0.717, 1.165) is 24.8 Å². The van der Waals surface area contributed by atoms with E-state index >= 15 is 0 Å². The van der Waals surface area contributed by atoms with Gasteiger partial charge in [-0.05, 0) is 42.9 Å². The van der Waals surface area contributed by atoms with E-state index in [0.29, 0.717) is 11.5 Å². The van der Waals surface area contributed by atoms with Crippen molar-refractivity contribution in [1.82, 2.24) is 0 Å². The van der Waals surface area contributed by atoms with E-state index in [1.54, 1.807) is 12.1 Å². The van der Waals surface area contributed by atoms with Gasteiger partial charge in [0.1, 0.15) is 0 Å². The summed E-state index contributed by atoms with van der Waals surface area (Å²) >= 11 is 0. The zero-order chi connectivity index (χ0) is 10.8. The molecule has 1 fully saturated rings. The van der Waals surface area contributed by atoms with Crippen molar-refractivity contribution in [3.63, 3.8) is 0 Å². The van der Waals surface area contributed by atoms with Gasteiger partial charge >= 0.3 is 5.97 Å². The van der Waals surface area contributed by atoms with Gasteiger partial charge in [-0.2, -0.15) is 0 Å². The molecule has 15 heavy (non-hydrogen) atoms. The molecule has 3 heteroatoms. The lowest BCUT2D eigenvalue weighted by Gasteiger charge is -2.10. The van der Waals surface area contributed by atoms with Crippen LogP contribution in [0.2, 0.25) is 0 Å². The Morgan fingerprint density at radius 1 is 1.40 bits per heavy atom. The molecule has 2 unspecified atom stereocenters. The van der Waals surface area contributed by atoms with Crippen LogP contribution in [-0.4, -0.2) is 17.1 Å². The molecule has 0 bridgehead atoms. The molecule has 1 saturated carbocycles. The maximum atomic E-state index is 10.8. The van der Waals surface area contributed by atoms with E-state index in [9.17, 15) is 4.79 Å². The molecule has 1 aliphatic carbocycles. The van der Waals surface area contributed by atoms with Crippen molar-refractivity contribution in [2.75, 3.05) is 0 Å². The lowest BCUT2D eigenvalue weighted by atomic mass is 9.96. The minimum absolute atomic E-state index is 0.281. The smallest absolute Gasteiger partial charge is 0.335 e. The van der Waals surface area contributed by atoms with Gasteiger partial charge in [-0.15, -0.1) is 0 Å². The van der Waals surface area contributed by atoms with Crippen molar-refractivity contribution in [2.24, 2.45) is 5.73 Å². The Kier molecular flexibility index (Phi) is 2.73. The van der Waals surface area contributed by atoms with Gasteiger partial charge in [-0.25, -0.2) is 4.79 Å². The average Bonchev–Trinajstić information content (AvgIpc) is 2.65. The van der Waals surface area contributed by atoms with E-state index in [1.165, 1.54) is 0 Å². The molecule has 2 atom stereocenters. The third kappa shape index (κ3) is 2.18. The van der Waals surface area contributed by atoms with E-state index in [1.807, 2.05) is 12.1 Å². The van der Waals surface area contributed by atoms with Gasteiger partial charge in [0.15, 0.2) is 0 Å². The van der Waals surface area contributed by atoms with Gasteiger partial charge in [0, 0.05) is 6.04 Å². The van der Waals surface area contributed by atoms with Crippen LogP contribution < -0.4 is 5.73 Å². The lowest BCUT2D eigenvalue weighted by Crippen LogP contribution is -2.14. The Morgan fingerprint density at radius 3 is 2.80 bits per heavy atom. The van der Waals surface area contributed by atoms with Gasteiger partial charge < -0.3 is 10.8 Å². The minimum atomic E-state index is -0.862. The van der Waals surface area contributed by atoms with E-state index < -0.39 is 5.97 Å². The standard InChI is InChI=1S/C12H15NO2/c13-11-5-4-9(7-11)8-2-1-3-10(6-8)12(14)15/h1-3,6,9,11H,4-5,7,13H2,(H,14,15). The minimum Gasteiger partial charge on any atom is -0.478 e. The summed E-state index contributed by atoms with van der Waals surface area (Å²) < 4.78 is 0. The molecule has 1 aromatic carbocycles. The average molecular weight is 205 g/mol. The Labute approximate surface area is 88.9 Å². The van der Waals surface area contributed by atoms with Crippen LogP contribution in [0.3, 0.4) is 0 Å². The van der Waals surface area contributed by atoms with Crippen LogP contribution >= 0.6 is 0 Å². The van der Waals surface area contributed by atoms with Crippen molar-refractivity contribution < 1.29 is 9.90 Å². The van der Waals surface area contributed by atoms with E-state index in [2.05, 4.69) is 0 Å². The highest BCUT2D eigenvalue weighted by Crippen LogP contribution is 2.33. The maximum Gasteiger partial charge on any atom is 0.335 e. The lowest BCUT2D eigenvalue weighted by molar-refractivity contribution is 0.0696. The molecule has 2 rings (SSSR count). The summed E-state index contributed by atoms with van der Waals surface area (Å²) in [6.07, 6.45) is 3.09. The number of carbonyl (C=O) groups is 1. The van der Waals surface area contributed by atoms with Crippen LogP contribution in [0.25, 0.3) is 0 Å². The summed E-state index contributed by atoms with van der Waals surface area (Å²) in [5.74, 6) is -0.418. The molecule has 3 nitrogen and oxygen atoms in total. The van der Waals surface area contributed by atoms with Crippen LogP contribution in [0.5, 0.6) is 0 Å². The number of carboxylic acids is 1. The number of hydrogen-bond acceptors (Lipinski definition) is 2. The molecule has 1 aromatic rings. The van der Waals surface area contributed by atoms with Crippen molar-refractivity contribution in [2.45, 2.75) is 31.2 Å². The molecular weight excluding hydrogens is 190 g/mol. The van der Waals surface area contributed by atoms with Crippen molar-refractivity contribution in [1.29, 1.82) is 0 Å². The van der Waals surface area contributed by atoms with Crippen LogP contribution in [0, 0.1) is 0 Å². The molecule has 0 amide bonds. The van der Waals surface area contributed by atoms with E-state index in [-0.39, 0.29) is 6.04 Å². The Balaban J connectivity index is 2.21. The Morgan fingerprint density at radius 2 is 2.20 bits per heavy atom. The quantitative estimate of drug-likeness (QED) is 0.776. The second kappa shape index (κ2) is 4.03. The Hall–Kier alpha value is -1.35. The third-order valence-electron chi connectivity index (χ3n) is 3.08. The second-order valence-corrected chi connectivity index (χ2v) is 4.20. The fourth-order valence-electron chi connectivity index (χ4n) is 2.24. The van der Waals surface area contributed by atoms with E-state index in [4.69, 9.17) is 10.8 Å². The molecule has 0 spiro atoms. The van der Waals surface area contributed by atoms with Crippen LogP contribution in [0.1, 0.15) is 41.1 Å². The van der Waals surface area contributed by atoms with Crippen LogP contribution in [0.4, 0.5) is 0 Å². The summed E-state index contributed by atoms with van der Waals surface area (Å²) in [5.41, 5.74) is 7.33. The summed E-state index contributed by atoms with van der Waals surface area (Å²) in [6.45, 7) is 0. The van der Waals surface area contributed by atoms with Gasteiger partial charge in [0.2, 0.25) is 0 Å². The first-order valence-electron chi connectivity index (χ1n) is 5.25. The fraction of sp³-hybridized carbons (Fsp3) is 0.417. The van der Waals surface area contributed by atoms with Gasteiger partial charge in [0.05, 0.1) is 5.56 Å². The molecule has 0 saturated heterocycles. The topological polar surface area (TPSA) is 63.3 Å². The summed E-state index contributed by atoms with van der Waals surface area (Å²) in [7, 11) is 0. The number of carboxylic acid groups (broad SMARTS) is 1. The predicted octanol–water partition coefficient (Wildman–Crippen LogP) is 1.98. The molecular formula is C12H15NO2. The molecule has 0 radical (unpaired) electrons. The first-order valence-corrected chi connectivity index (χ1v) is 5.25. The number of rotatable bonds is 2. The maximum absolute atomic E-state index is 10.8. The van der Waals surface area contributed by atoms with Gasteiger partial charge in [-0.1, -0.05) is 12.1 Å². The number of hydrogen-bond donors (Lipinski definition) is 2. The van der Waals surface area contributed by atoms with Crippen molar-refractivity contribution in [3.8, 4) is 0 Å². The van der Waals surface area contributed by atoms with Crippen molar-refractivity contribution in [3.05, 3.63) is 35.4 Å². The number of aromatic carboxylic acids is 1. The highest BCUT2D eigenvalue weighted by atomic mass is 16.4. The number of nitrogens with two attached hydrogens (primary N) is 1. The molecule has 0 aromatic heterocycles. The third-order valence-corrected chi connectivity index (χ3v) is 3.08. The van der Waals surface area contributed by atoms with Gasteiger partial charge in [-0.3, -0.25) is 0 Å². The molecule has 1 aliphatic rings. The predicted molar refractivity (Wildman–Crippen MR) is 58.0 cm³/mol. The summed E-state index contributed by atoms with van der Waals surface area (Å²) in [5, 5.41) is 8.88. The first kappa shape index (κ1) is 10.2. The zero-order valence-corrected chi connectivity index (χ0v) is 8.52. The summed E-state index contributed by atoms with van der Waals surface area (Å²) in [4.78, 5) is 10.8. The van der Waals surface area contributed by atoms with Crippen LogP contribution in [0.15, 0.2) is 24.3 Å². The highest BCUT2D eigenvalue weighted by Gasteiger charge is 2.23.